The smallest absolute Gasteiger partial charge is 0.0660 e. The highest BCUT2D eigenvalue weighted by Crippen LogP contribution is 2.09. The van der Waals surface area contributed by atoms with E-state index < -0.39 is 0 Å². The Kier molecular flexibility index (Phi) is 2.72. The first-order valence-corrected chi connectivity index (χ1v) is 5.34. The van der Waals surface area contributed by atoms with Crippen LogP contribution in [-0.2, 0) is 6.54 Å². The molecule has 1 aromatic carbocycles. The third kappa shape index (κ3) is 2.25. The first-order chi connectivity index (χ1) is 6.74. The van der Waals surface area contributed by atoms with Gasteiger partial charge in [0.1, 0.15) is 0 Å². The van der Waals surface area contributed by atoms with E-state index in [1.54, 1.807) is 0 Å². The van der Waals surface area contributed by atoms with Crippen molar-refractivity contribution in [3.8, 4) is 0 Å². The van der Waals surface area contributed by atoms with Gasteiger partial charge in [0, 0.05) is 11.9 Å². The highest BCUT2D eigenvalue weighted by molar-refractivity contribution is 14.1. The molecule has 1 heterocycles. The second kappa shape index (κ2) is 4.00. The number of rotatable bonds is 2. The van der Waals surface area contributed by atoms with E-state index in [0.717, 1.165) is 15.8 Å². The van der Waals surface area contributed by atoms with E-state index in [2.05, 4.69) is 27.7 Å². The molecule has 0 aliphatic carbocycles. The van der Waals surface area contributed by atoms with Crippen LogP contribution in [0.5, 0.6) is 0 Å². The lowest BCUT2D eigenvalue weighted by atomic mass is 10.2. The fourth-order valence-corrected chi connectivity index (χ4v) is 1.75. The predicted molar refractivity (Wildman–Crippen MR) is 64.9 cm³/mol. The standard InChI is InChI=1S/C10H10IN3/c11-9-5-13-14(7-9)6-8-2-1-3-10(12)4-8/h1-5,7H,6,12H2. The third-order valence-corrected chi connectivity index (χ3v) is 2.45. The van der Waals surface area contributed by atoms with Crippen molar-refractivity contribution >= 4 is 28.3 Å². The molecule has 0 saturated carbocycles. The lowest BCUT2D eigenvalue weighted by molar-refractivity contribution is 0.687. The fraction of sp³-hybridized carbons (Fsp3) is 0.100. The molecule has 0 spiro atoms. The molecule has 0 bridgehead atoms. The molecule has 0 saturated heterocycles. The van der Waals surface area contributed by atoms with E-state index >= 15 is 0 Å². The molecule has 0 amide bonds. The molecule has 1 aromatic heterocycles. The van der Waals surface area contributed by atoms with Gasteiger partial charge in [0.25, 0.3) is 0 Å². The summed E-state index contributed by atoms with van der Waals surface area (Å²) < 4.78 is 3.04. The number of hydrogen-bond acceptors (Lipinski definition) is 2. The van der Waals surface area contributed by atoms with E-state index in [1.165, 1.54) is 5.56 Å². The molecule has 3 nitrogen and oxygen atoms in total. The summed E-state index contributed by atoms with van der Waals surface area (Å²) in [6, 6.07) is 7.86. The molecule has 0 radical (unpaired) electrons. The van der Waals surface area contributed by atoms with Crippen LogP contribution in [0.1, 0.15) is 5.56 Å². The van der Waals surface area contributed by atoms with Gasteiger partial charge in [0.05, 0.1) is 16.3 Å². The van der Waals surface area contributed by atoms with Crippen molar-refractivity contribution in [3.63, 3.8) is 0 Å². The van der Waals surface area contributed by atoms with Crippen LogP contribution in [0.25, 0.3) is 0 Å². The zero-order valence-electron chi connectivity index (χ0n) is 7.52. The van der Waals surface area contributed by atoms with Gasteiger partial charge < -0.3 is 5.73 Å². The number of nitrogens with zero attached hydrogens (tertiary/aromatic N) is 2. The highest BCUT2D eigenvalue weighted by Gasteiger charge is 1.97. The predicted octanol–water partition coefficient (Wildman–Crippen LogP) is 2.12. The first-order valence-electron chi connectivity index (χ1n) is 4.26. The lowest BCUT2D eigenvalue weighted by Crippen LogP contribution is -2.00. The summed E-state index contributed by atoms with van der Waals surface area (Å²) in [4.78, 5) is 0. The van der Waals surface area contributed by atoms with Crippen LogP contribution in [0.3, 0.4) is 0 Å². The molecule has 2 N–H and O–H groups in total. The maximum absolute atomic E-state index is 5.69. The van der Waals surface area contributed by atoms with E-state index in [1.807, 2.05) is 41.3 Å². The van der Waals surface area contributed by atoms with Crippen molar-refractivity contribution in [1.29, 1.82) is 0 Å². The maximum atomic E-state index is 5.69. The molecule has 2 rings (SSSR count). The van der Waals surface area contributed by atoms with Gasteiger partial charge in [-0.3, -0.25) is 4.68 Å². The van der Waals surface area contributed by atoms with Crippen LogP contribution in [-0.4, -0.2) is 9.78 Å². The average molecular weight is 299 g/mol. The number of anilines is 1. The highest BCUT2D eigenvalue weighted by atomic mass is 127. The van der Waals surface area contributed by atoms with Crippen LogP contribution in [0, 0.1) is 3.57 Å². The number of nitrogen functional groups attached to an aromatic ring is 1. The van der Waals surface area contributed by atoms with Gasteiger partial charge in [-0.1, -0.05) is 12.1 Å². The Morgan fingerprint density at radius 1 is 1.43 bits per heavy atom. The molecule has 14 heavy (non-hydrogen) atoms. The number of hydrogen-bond donors (Lipinski definition) is 1. The van der Waals surface area contributed by atoms with Gasteiger partial charge in [0.2, 0.25) is 0 Å². The Morgan fingerprint density at radius 2 is 2.29 bits per heavy atom. The fourth-order valence-electron chi connectivity index (χ4n) is 1.30. The largest absolute Gasteiger partial charge is 0.399 e. The van der Waals surface area contributed by atoms with Gasteiger partial charge in [-0.05, 0) is 40.3 Å². The van der Waals surface area contributed by atoms with Crippen molar-refractivity contribution in [2.75, 3.05) is 5.73 Å². The molecule has 2 aromatic rings. The zero-order valence-corrected chi connectivity index (χ0v) is 9.68. The molecular formula is C10H10IN3. The van der Waals surface area contributed by atoms with Crippen molar-refractivity contribution in [2.24, 2.45) is 0 Å². The van der Waals surface area contributed by atoms with Crippen molar-refractivity contribution in [1.82, 2.24) is 9.78 Å². The van der Waals surface area contributed by atoms with Crippen LogP contribution in [0.4, 0.5) is 5.69 Å². The maximum Gasteiger partial charge on any atom is 0.0660 e. The first kappa shape index (κ1) is 9.51. The minimum absolute atomic E-state index is 0.772. The number of halogens is 1. The second-order valence-corrected chi connectivity index (χ2v) is 4.35. The van der Waals surface area contributed by atoms with Crippen molar-refractivity contribution in [3.05, 3.63) is 45.8 Å². The van der Waals surface area contributed by atoms with E-state index in [4.69, 9.17) is 5.73 Å². The molecule has 0 atom stereocenters. The second-order valence-electron chi connectivity index (χ2n) is 3.10. The molecule has 0 aliphatic rings. The quantitative estimate of drug-likeness (QED) is 0.682. The SMILES string of the molecule is Nc1cccc(Cn2cc(I)cn2)c1. The summed E-state index contributed by atoms with van der Waals surface area (Å²) in [5.74, 6) is 0. The van der Waals surface area contributed by atoms with E-state index in [0.29, 0.717) is 0 Å². The average Bonchev–Trinajstić information content (AvgIpc) is 2.51. The monoisotopic (exact) mass is 299 g/mol. The Bertz CT molecular complexity index is 436. The van der Waals surface area contributed by atoms with Gasteiger partial charge in [-0.25, -0.2) is 0 Å². The van der Waals surface area contributed by atoms with Gasteiger partial charge in [-0.2, -0.15) is 5.10 Å². The van der Waals surface area contributed by atoms with Crippen LogP contribution < -0.4 is 5.73 Å². The summed E-state index contributed by atoms with van der Waals surface area (Å²) in [7, 11) is 0. The molecule has 4 heteroatoms. The normalized spacial score (nSPS) is 10.4. The Labute approximate surface area is 96.1 Å². The molecule has 0 aliphatic heterocycles. The van der Waals surface area contributed by atoms with Crippen LogP contribution in [0.2, 0.25) is 0 Å². The summed E-state index contributed by atoms with van der Waals surface area (Å²) in [5.41, 5.74) is 7.65. The Morgan fingerprint density at radius 3 is 2.93 bits per heavy atom. The molecule has 72 valence electrons. The number of benzene rings is 1. The lowest BCUT2D eigenvalue weighted by Gasteiger charge is -2.02. The minimum Gasteiger partial charge on any atom is -0.399 e. The van der Waals surface area contributed by atoms with E-state index in [-0.39, 0.29) is 0 Å². The number of aromatic nitrogens is 2. The summed E-state index contributed by atoms with van der Waals surface area (Å²) in [6.45, 7) is 0.772. The van der Waals surface area contributed by atoms with Gasteiger partial charge >= 0.3 is 0 Å². The summed E-state index contributed by atoms with van der Waals surface area (Å²) in [6.07, 6.45) is 3.84. The van der Waals surface area contributed by atoms with Gasteiger partial charge in [-0.15, -0.1) is 0 Å². The van der Waals surface area contributed by atoms with E-state index in [9.17, 15) is 0 Å². The van der Waals surface area contributed by atoms with Crippen LogP contribution in [0.15, 0.2) is 36.7 Å². The molecule has 0 unspecified atom stereocenters. The number of nitrogens with two attached hydrogens (primary N) is 1. The van der Waals surface area contributed by atoms with Crippen LogP contribution >= 0.6 is 22.6 Å². The van der Waals surface area contributed by atoms with Crippen molar-refractivity contribution in [2.45, 2.75) is 6.54 Å². The Balaban J connectivity index is 2.18. The topological polar surface area (TPSA) is 43.8 Å². The Hall–Kier alpha value is -1.04. The summed E-state index contributed by atoms with van der Waals surface area (Å²) >= 11 is 2.24. The third-order valence-electron chi connectivity index (χ3n) is 1.90. The zero-order chi connectivity index (χ0) is 9.97. The molecular weight excluding hydrogens is 289 g/mol. The molecule has 0 fully saturated rings. The van der Waals surface area contributed by atoms with Gasteiger partial charge in [0.15, 0.2) is 0 Å². The van der Waals surface area contributed by atoms with Crippen molar-refractivity contribution < 1.29 is 0 Å². The summed E-state index contributed by atoms with van der Waals surface area (Å²) in [5, 5.41) is 4.21. The minimum atomic E-state index is 0.772.